The first-order valence-corrected chi connectivity index (χ1v) is 4.45. The highest BCUT2D eigenvalue weighted by atomic mass is 35.5. The van der Waals surface area contributed by atoms with Gasteiger partial charge in [0.15, 0.2) is 5.76 Å². The molecule has 0 radical (unpaired) electrons. The molecule has 0 saturated carbocycles. The molecule has 0 fully saturated rings. The topological polar surface area (TPSA) is 35.3 Å². The van der Waals surface area contributed by atoms with Gasteiger partial charge in [-0.05, 0) is 0 Å². The van der Waals surface area contributed by atoms with Crippen LogP contribution in [0.15, 0.2) is 41.1 Å². The number of rotatable bonds is 3. The standard InChI is InChI=1S/C10H8ClNO2/c11-13-7-9-6-12-14-10(9)8-4-2-1-3-5-8/h1-6H,7H2. The van der Waals surface area contributed by atoms with Gasteiger partial charge in [0.2, 0.25) is 0 Å². The Labute approximate surface area is 86.4 Å². The predicted molar refractivity (Wildman–Crippen MR) is 52.6 cm³/mol. The van der Waals surface area contributed by atoms with Gasteiger partial charge >= 0.3 is 0 Å². The van der Waals surface area contributed by atoms with E-state index in [1.54, 1.807) is 6.20 Å². The van der Waals surface area contributed by atoms with Crippen LogP contribution in [0.1, 0.15) is 5.56 Å². The fraction of sp³-hybridized carbons (Fsp3) is 0.100. The van der Waals surface area contributed by atoms with E-state index in [1.165, 1.54) is 0 Å². The van der Waals surface area contributed by atoms with E-state index in [2.05, 4.69) is 9.45 Å². The highest BCUT2D eigenvalue weighted by Crippen LogP contribution is 2.23. The van der Waals surface area contributed by atoms with Crippen LogP contribution >= 0.6 is 11.9 Å². The fourth-order valence-corrected chi connectivity index (χ4v) is 1.37. The summed E-state index contributed by atoms with van der Waals surface area (Å²) in [7, 11) is 0. The third-order valence-electron chi connectivity index (χ3n) is 1.89. The fourth-order valence-electron chi connectivity index (χ4n) is 1.25. The Morgan fingerprint density at radius 1 is 1.29 bits per heavy atom. The Morgan fingerprint density at radius 3 is 2.79 bits per heavy atom. The van der Waals surface area contributed by atoms with Crippen molar-refractivity contribution in [1.29, 1.82) is 0 Å². The van der Waals surface area contributed by atoms with Gasteiger partial charge in [-0.15, -0.1) is 0 Å². The van der Waals surface area contributed by atoms with Crippen LogP contribution in [-0.4, -0.2) is 5.16 Å². The van der Waals surface area contributed by atoms with Crippen molar-refractivity contribution in [3.8, 4) is 11.3 Å². The summed E-state index contributed by atoms with van der Waals surface area (Å²) in [6.45, 7) is 0.287. The lowest BCUT2D eigenvalue weighted by Crippen LogP contribution is -1.84. The molecule has 2 rings (SSSR count). The van der Waals surface area contributed by atoms with Crippen LogP contribution in [0.5, 0.6) is 0 Å². The van der Waals surface area contributed by atoms with Crippen molar-refractivity contribution in [1.82, 2.24) is 5.16 Å². The van der Waals surface area contributed by atoms with E-state index in [-0.39, 0.29) is 6.61 Å². The van der Waals surface area contributed by atoms with E-state index in [1.807, 2.05) is 30.3 Å². The summed E-state index contributed by atoms with van der Waals surface area (Å²) in [5.41, 5.74) is 1.81. The summed E-state index contributed by atoms with van der Waals surface area (Å²) < 4.78 is 9.64. The lowest BCUT2D eigenvalue weighted by atomic mass is 10.1. The SMILES string of the molecule is ClOCc1cnoc1-c1ccccc1. The normalized spacial score (nSPS) is 10.4. The summed E-state index contributed by atoms with van der Waals surface area (Å²) in [6, 6.07) is 9.69. The summed E-state index contributed by atoms with van der Waals surface area (Å²) in [4.78, 5) is 0. The molecule has 3 nitrogen and oxygen atoms in total. The quantitative estimate of drug-likeness (QED) is 0.780. The molecular formula is C10H8ClNO2. The summed E-state index contributed by atoms with van der Waals surface area (Å²) in [5, 5.41) is 3.70. The highest BCUT2D eigenvalue weighted by Gasteiger charge is 2.09. The minimum absolute atomic E-state index is 0.287. The molecule has 0 aliphatic heterocycles. The van der Waals surface area contributed by atoms with Crippen LogP contribution in [0.25, 0.3) is 11.3 Å². The lowest BCUT2D eigenvalue weighted by molar-refractivity contribution is 0.339. The van der Waals surface area contributed by atoms with Crippen LogP contribution in [0.4, 0.5) is 0 Å². The minimum Gasteiger partial charge on any atom is -0.356 e. The molecule has 4 heteroatoms. The summed E-state index contributed by atoms with van der Waals surface area (Å²) in [6.07, 6.45) is 1.60. The number of hydrogen-bond donors (Lipinski definition) is 0. The molecule has 1 aromatic carbocycles. The van der Waals surface area contributed by atoms with Crippen molar-refractivity contribution in [2.75, 3.05) is 0 Å². The number of hydrogen-bond acceptors (Lipinski definition) is 3. The van der Waals surface area contributed by atoms with Crippen molar-refractivity contribution in [2.45, 2.75) is 6.61 Å². The summed E-state index contributed by atoms with van der Waals surface area (Å²) in [5.74, 6) is 0.700. The zero-order chi connectivity index (χ0) is 9.80. The maximum absolute atomic E-state index is 5.18. The highest BCUT2D eigenvalue weighted by molar-refractivity contribution is 6.07. The first-order valence-electron chi connectivity index (χ1n) is 4.14. The molecule has 0 bridgehead atoms. The van der Waals surface area contributed by atoms with Crippen molar-refractivity contribution >= 4 is 11.9 Å². The molecule has 0 unspecified atom stereocenters. The van der Waals surface area contributed by atoms with Crippen molar-refractivity contribution < 1.29 is 8.81 Å². The zero-order valence-electron chi connectivity index (χ0n) is 7.31. The van der Waals surface area contributed by atoms with Gasteiger partial charge in [0.25, 0.3) is 0 Å². The van der Waals surface area contributed by atoms with Crippen molar-refractivity contribution in [3.05, 3.63) is 42.1 Å². The van der Waals surface area contributed by atoms with Crippen molar-refractivity contribution in [3.63, 3.8) is 0 Å². The second-order valence-corrected chi connectivity index (χ2v) is 3.02. The average Bonchev–Trinajstić information content (AvgIpc) is 2.68. The van der Waals surface area contributed by atoms with Gasteiger partial charge in [0.05, 0.1) is 24.7 Å². The van der Waals surface area contributed by atoms with E-state index in [0.29, 0.717) is 5.76 Å². The molecular weight excluding hydrogens is 202 g/mol. The van der Waals surface area contributed by atoms with E-state index < -0.39 is 0 Å². The largest absolute Gasteiger partial charge is 0.356 e. The van der Waals surface area contributed by atoms with E-state index in [4.69, 9.17) is 16.4 Å². The second-order valence-electron chi connectivity index (χ2n) is 2.80. The first kappa shape index (κ1) is 9.24. The van der Waals surface area contributed by atoms with Crippen LogP contribution in [-0.2, 0) is 10.9 Å². The van der Waals surface area contributed by atoms with Crippen LogP contribution < -0.4 is 0 Å². The van der Waals surface area contributed by atoms with Crippen molar-refractivity contribution in [2.24, 2.45) is 0 Å². The maximum atomic E-state index is 5.18. The predicted octanol–water partition coefficient (Wildman–Crippen LogP) is 3.01. The minimum atomic E-state index is 0.287. The number of benzene rings is 1. The van der Waals surface area contributed by atoms with Gasteiger partial charge in [-0.2, -0.15) is 0 Å². The Bertz CT molecular complexity index is 400. The van der Waals surface area contributed by atoms with E-state index in [9.17, 15) is 0 Å². The smallest absolute Gasteiger partial charge is 0.172 e. The number of aromatic nitrogens is 1. The van der Waals surface area contributed by atoms with Crippen LogP contribution in [0, 0.1) is 0 Å². The number of halogens is 1. The van der Waals surface area contributed by atoms with Gasteiger partial charge in [-0.1, -0.05) is 35.5 Å². The zero-order valence-corrected chi connectivity index (χ0v) is 8.07. The molecule has 0 atom stereocenters. The van der Waals surface area contributed by atoms with Crippen LogP contribution in [0.2, 0.25) is 0 Å². The maximum Gasteiger partial charge on any atom is 0.172 e. The molecule has 0 aliphatic carbocycles. The lowest BCUT2D eigenvalue weighted by Gasteiger charge is -1.97. The van der Waals surface area contributed by atoms with Crippen LogP contribution in [0.3, 0.4) is 0 Å². The number of nitrogens with zero attached hydrogens (tertiary/aromatic N) is 1. The molecule has 72 valence electrons. The molecule has 14 heavy (non-hydrogen) atoms. The summed E-state index contributed by atoms with van der Waals surface area (Å²) >= 11 is 5.18. The average molecular weight is 210 g/mol. The van der Waals surface area contributed by atoms with E-state index in [0.717, 1.165) is 11.1 Å². The molecule has 0 amide bonds. The third kappa shape index (κ3) is 1.78. The van der Waals surface area contributed by atoms with Gasteiger partial charge in [-0.25, -0.2) is 0 Å². The van der Waals surface area contributed by atoms with E-state index >= 15 is 0 Å². The van der Waals surface area contributed by atoms with Gasteiger partial charge in [-0.3, -0.25) is 4.29 Å². The molecule has 0 spiro atoms. The Balaban J connectivity index is 2.37. The molecule has 0 saturated heterocycles. The Kier molecular flexibility index (Phi) is 2.81. The second kappa shape index (κ2) is 4.26. The monoisotopic (exact) mass is 209 g/mol. The Morgan fingerprint density at radius 2 is 2.07 bits per heavy atom. The van der Waals surface area contributed by atoms with Gasteiger partial charge < -0.3 is 4.52 Å². The van der Waals surface area contributed by atoms with Gasteiger partial charge in [0.1, 0.15) is 0 Å². The molecule has 1 aromatic heterocycles. The van der Waals surface area contributed by atoms with Gasteiger partial charge in [0, 0.05) is 11.1 Å². The third-order valence-corrected chi connectivity index (χ3v) is 2.00. The molecule has 1 heterocycles. The Hall–Kier alpha value is -1.32. The molecule has 2 aromatic rings. The molecule has 0 N–H and O–H groups in total. The first-order chi connectivity index (χ1) is 6.92. The molecule has 0 aliphatic rings.